The summed E-state index contributed by atoms with van der Waals surface area (Å²) in [7, 11) is 0. The van der Waals surface area contributed by atoms with Crippen molar-refractivity contribution < 1.29 is 0 Å². The maximum atomic E-state index is 12.0. The molecule has 0 aliphatic heterocycles. The van der Waals surface area contributed by atoms with Crippen LogP contribution in [0.2, 0.25) is 0 Å². The zero-order chi connectivity index (χ0) is 13.2. The molecule has 0 amide bonds. The molecule has 0 N–H and O–H groups in total. The molecule has 0 saturated heterocycles. The second-order valence-electron chi connectivity index (χ2n) is 4.61. The quantitative estimate of drug-likeness (QED) is 0.850. The van der Waals surface area contributed by atoms with Crippen LogP contribution in [0.25, 0.3) is 11.0 Å². The molecule has 1 aliphatic rings. The molecule has 4 heteroatoms. The van der Waals surface area contributed by atoms with E-state index in [1.54, 1.807) is 4.57 Å². The fourth-order valence-electron chi connectivity index (χ4n) is 2.29. The van der Waals surface area contributed by atoms with Crippen molar-refractivity contribution in [3.05, 3.63) is 63.0 Å². The zero-order valence-corrected chi connectivity index (χ0v) is 11.9. The van der Waals surface area contributed by atoms with Gasteiger partial charge in [0.25, 0.3) is 5.56 Å². The molecular formula is C15H13BrN2O. The molecule has 96 valence electrons. The molecule has 0 bridgehead atoms. The maximum Gasteiger partial charge on any atom is 0.269 e. The van der Waals surface area contributed by atoms with Crippen LogP contribution in [0.15, 0.2) is 57.5 Å². The van der Waals surface area contributed by atoms with Crippen LogP contribution < -0.4 is 5.56 Å². The van der Waals surface area contributed by atoms with E-state index in [0.717, 1.165) is 28.3 Å². The second-order valence-corrected chi connectivity index (χ2v) is 5.52. The summed E-state index contributed by atoms with van der Waals surface area (Å²) in [5.41, 5.74) is 2.94. The Hall–Kier alpha value is -1.68. The van der Waals surface area contributed by atoms with Crippen molar-refractivity contribution in [2.75, 3.05) is 0 Å². The van der Waals surface area contributed by atoms with Crippen LogP contribution in [-0.2, 0) is 6.54 Å². The average molecular weight is 317 g/mol. The molecule has 1 heterocycles. The summed E-state index contributed by atoms with van der Waals surface area (Å²) in [6.45, 7) is 0.643. The second kappa shape index (κ2) is 5.13. The molecule has 3 rings (SSSR count). The number of fused-ring (bicyclic) bond motifs is 1. The van der Waals surface area contributed by atoms with E-state index in [4.69, 9.17) is 0 Å². The van der Waals surface area contributed by atoms with E-state index in [2.05, 4.69) is 39.1 Å². The summed E-state index contributed by atoms with van der Waals surface area (Å²) in [5, 5.41) is 0. The van der Waals surface area contributed by atoms with Crippen LogP contribution in [0, 0.1) is 0 Å². The number of hydrogen-bond donors (Lipinski definition) is 0. The van der Waals surface area contributed by atoms with Crippen LogP contribution in [0.1, 0.15) is 12.8 Å². The van der Waals surface area contributed by atoms with Gasteiger partial charge in [-0.1, -0.05) is 39.7 Å². The molecule has 0 spiro atoms. The van der Waals surface area contributed by atoms with E-state index in [9.17, 15) is 4.79 Å². The van der Waals surface area contributed by atoms with Gasteiger partial charge in [0.1, 0.15) is 0 Å². The molecule has 0 unspecified atom stereocenters. The summed E-state index contributed by atoms with van der Waals surface area (Å²) in [5.74, 6) is 0. The maximum absolute atomic E-state index is 12.0. The Bertz CT molecular complexity index is 743. The normalized spacial score (nSPS) is 14.7. The van der Waals surface area contributed by atoms with Crippen molar-refractivity contribution in [3.63, 3.8) is 0 Å². The van der Waals surface area contributed by atoms with E-state index < -0.39 is 0 Å². The molecule has 0 atom stereocenters. The van der Waals surface area contributed by atoms with E-state index in [-0.39, 0.29) is 5.56 Å². The first kappa shape index (κ1) is 12.4. The molecule has 1 aromatic carbocycles. The minimum absolute atomic E-state index is 0.0507. The summed E-state index contributed by atoms with van der Waals surface area (Å²) >= 11 is 3.43. The first-order valence-corrected chi connectivity index (χ1v) is 7.03. The summed E-state index contributed by atoms with van der Waals surface area (Å²) in [6, 6.07) is 5.81. The summed E-state index contributed by atoms with van der Waals surface area (Å²) in [6.07, 6.45) is 9.77. The van der Waals surface area contributed by atoms with Crippen molar-refractivity contribution in [3.8, 4) is 0 Å². The van der Waals surface area contributed by atoms with Crippen molar-refractivity contribution >= 4 is 27.0 Å². The van der Waals surface area contributed by atoms with Gasteiger partial charge in [-0.25, -0.2) is 4.98 Å². The van der Waals surface area contributed by atoms with Crippen molar-refractivity contribution in [1.29, 1.82) is 0 Å². The van der Waals surface area contributed by atoms with Gasteiger partial charge in [0.2, 0.25) is 0 Å². The number of halogens is 1. The topological polar surface area (TPSA) is 34.9 Å². The monoisotopic (exact) mass is 316 g/mol. The van der Waals surface area contributed by atoms with E-state index in [0.29, 0.717) is 6.54 Å². The standard InChI is InChI=1S/C15H13BrN2O/c16-12-6-7-14-13(8-12)17-9-15(19)18(14)10-11-4-2-1-3-5-11/h1-2,4,6-9H,3,5,10H2. The highest BCUT2D eigenvalue weighted by Gasteiger charge is 2.07. The Morgan fingerprint density at radius 2 is 2.26 bits per heavy atom. The number of hydrogen-bond acceptors (Lipinski definition) is 2. The average Bonchev–Trinajstić information content (AvgIpc) is 2.43. The lowest BCUT2D eigenvalue weighted by molar-refractivity contribution is 0.731. The molecule has 2 aromatic rings. The van der Waals surface area contributed by atoms with Gasteiger partial charge in [0.15, 0.2) is 0 Å². The molecule has 1 aromatic heterocycles. The van der Waals surface area contributed by atoms with Crippen LogP contribution in [-0.4, -0.2) is 9.55 Å². The third kappa shape index (κ3) is 2.54. The largest absolute Gasteiger partial charge is 0.301 e. The number of aromatic nitrogens is 2. The Balaban J connectivity index is 2.11. The van der Waals surface area contributed by atoms with Gasteiger partial charge in [-0.05, 0) is 31.0 Å². The smallest absolute Gasteiger partial charge is 0.269 e. The molecule has 0 saturated carbocycles. The van der Waals surface area contributed by atoms with E-state index in [1.165, 1.54) is 11.8 Å². The lowest BCUT2D eigenvalue weighted by Crippen LogP contribution is -2.21. The van der Waals surface area contributed by atoms with E-state index in [1.807, 2.05) is 18.2 Å². The molecule has 19 heavy (non-hydrogen) atoms. The fourth-order valence-corrected chi connectivity index (χ4v) is 2.64. The van der Waals surface area contributed by atoms with Gasteiger partial charge in [-0.3, -0.25) is 4.79 Å². The predicted molar refractivity (Wildman–Crippen MR) is 80.2 cm³/mol. The van der Waals surface area contributed by atoms with E-state index >= 15 is 0 Å². The first-order chi connectivity index (χ1) is 9.24. The fraction of sp³-hybridized carbons (Fsp3) is 0.200. The highest BCUT2D eigenvalue weighted by molar-refractivity contribution is 9.10. The number of rotatable bonds is 2. The lowest BCUT2D eigenvalue weighted by atomic mass is 10.1. The number of benzene rings is 1. The molecule has 1 aliphatic carbocycles. The Labute approximate surface area is 119 Å². The molecule has 0 fully saturated rings. The zero-order valence-electron chi connectivity index (χ0n) is 10.3. The van der Waals surface area contributed by atoms with Crippen LogP contribution >= 0.6 is 15.9 Å². The Morgan fingerprint density at radius 1 is 1.37 bits per heavy atom. The van der Waals surface area contributed by atoms with Crippen molar-refractivity contribution in [1.82, 2.24) is 9.55 Å². The lowest BCUT2D eigenvalue weighted by Gasteiger charge is -2.13. The van der Waals surface area contributed by atoms with Crippen molar-refractivity contribution in [2.45, 2.75) is 19.4 Å². The minimum atomic E-state index is -0.0507. The van der Waals surface area contributed by atoms with Gasteiger partial charge in [0.05, 0.1) is 17.2 Å². The number of nitrogens with zero attached hydrogens (tertiary/aromatic N) is 2. The van der Waals surface area contributed by atoms with Crippen LogP contribution in [0.5, 0.6) is 0 Å². The molecular weight excluding hydrogens is 304 g/mol. The predicted octanol–water partition coefficient (Wildman–Crippen LogP) is 3.44. The van der Waals surface area contributed by atoms with Crippen LogP contribution in [0.3, 0.4) is 0 Å². The highest BCUT2D eigenvalue weighted by Crippen LogP contribution is 2.19. The summed E-state index contributed by atoms with van der Waals surface area (Å²) in [4.78, 5) is 16.2. The third-order valence-electron chi connectivity index (χ3n) is 3.27. The van der Waals surface area contributed by atoms with Crippen LogP contribution in [0.4, 0.5) is 0 Å². The highest BCUT2D eigenvalue weighted by atomic mass is 79.9. The van der Waals surface area contributed by atoms with Gasteiger partial charge in [-0.2, -0.15) is 0 Å². The van der Waals surface area contributed by atoms with Gasteiger partial charge < -0.3 is 4.57 Å². The Morgan fingerprint density at radius 3 is 3.05 bits per heavy atom. The van der Waals surface area contributed by atoms with Gasteiger partial charge in [-0.15, -0.1) is 0 Å². The number of allylic oxidation sites excluding steroid dienone is 4. The van der Waals surface area contributed by atoms with Gasteiger partial charge >= 0.3 is 0 Å². The molecule has 0 radical (unpaired) electrons. The first-order valence-electron chi connectivity index (χ1n) is 6.24. The third-order valence-corrected chi connectivity index (χ3v) is 3.76. The van der Waals surface area contributed by atoms with Gasteiger partial charge in [0, 0.05) is 11.0 Å². The minimum Gasteiger partial charge on any atom is -0.301 e. The van der Waals surface area contributed by atoms with Crippen molar-refractivity contribution in [2.24, 2.45) is 0 Å². The Kier molecular flexibility index (Phi) is 3.34. The summed E-state index contributed by atoms with van der Waals surface area (Å²) < 4.78 is 2.76. The molecule has 3 nitrogen and oxygen atoms in total. The SMILES string of the molecule is O=c1cnc2cc(Br)ccc2n1CC1=CC=CCC1.